The molecule has 1 aliphatic rings. The molecule has 3 heterocycles. The lowest BCUT2D eigenvalue weighted by Gasteiger charge is -2.22. The first kappa shape index (κ1) is 19.7. The number of rotatable bonds is 5. The Hall–Kier alpha value is -4.27. The quantitative estimate of drug-likeness (QED) is 0.473. The van der Waals surface area contributed by atoms with E-state index < -0.39 is 23.4 Å². The van der Waals surface area contributed by atoms with Crippen LogP contribution in [-0.4, -0.2) is 43.9 Å². The summed E-state index contributed by atoms with van der Waals surface area (Å²) < 4.78 is 1.75. The average molecular weight is 428 g/mol. The van der Waals surface area contributed by atoms with E-state index in [2.05, 4.69) is 20.8 Å². The second kappa shape index (κ2) is 7.45. The standard InChI is InChI=1S/C23H20N6O3/c1-23(17-10-9-15-6-2-3-7-16(15)12-17)21(31)29(22(32)25-23)14-20(30)24-13-19-27-26-18-8-4-5-11-28(18)19/h2-12H,13-14H2,1H3,(H,24,30)(H,25,32)/t23-/m0/s1. The normalized spacial score (nSPS) is 18.3. The van der Waals surface area contributed by atoms with Gasteiger partial charge in [0.25, 0.3) is 5.91 Å². The summed E-state index contributed by atoms with van der Waals surface area (Å²) in [4.78, 5) is 39.2. The Morgan fingerprint density at radius 3 is 2.66 bits per heavy atom. The number of nitrogens with one attached hydrogen (secondary N) is 2. The third-order valence-corrected chi connectivity index (χ3v) is 5.73. The molecule has 0 aliphatic carbocycles. The molecule has 2 aromatic carbocycles. The number of nitrogens with zero attached hydrogens (tertiary/aromatic N) is 4. The van der Waals surface area contributed by atoms with Crippen LogP contribution >= 0.6 is 0 Å². The van der Waals surface area contributed by atoms with Crippen LogP contribution in [0.2, 0.25) is 0 Å². The SMILES string of the molecule is C[C@@]1(c2ccc3ccccc3c2)NC(=O)N(CC(=O)NCc2nnc3ccccn23)C1=O. The molecule has 160 valence electrons. The molecule has 0 spiro atoms. The highest BCUT2D eigenvalue weighted by atomic mass is 16.2. The molecule has 9 nitrogen and oxygen atoms in total. The van der Waals surface area contributed by atoms with Crippen molar-refractivity contribution in [1.29, 1.82) is 0 Å². The molecule has 2 aromatic heterocycles. The van der Waals surface area contributed by atoms with Crippen molar-refractivity contribution in [2.75, 3.05) is 6.54 Å². The van der Waals surface area contributed by atoms with Gasteiger partial charge in [0.2, 0.25) is 5.91 Å². The summed E-state index contributed by atoms with van der Waals surface area (Å²) in [6.07, 6.45) is 1.79. The smallest absolute Gasteiger partial charge is 0.325 e. The minimum atomic E-state index is -1.25. The summed E-state index contributed by atoms with van der Waals surface area (Å²) in [5.41, 5.74) is 0.0781. The van der Waals surface area contributed by atoms with Gasteiger partial charge in [-0.05, 0) is 41.5 Å². The minimum absolute atomic E-state index is 0.121. The number of urea groups is 1. The Bertz CT molecular complexity index is 1380. The topological polar surface area (TPSA) is 109 Å². The van der Waals surface area contributed by atoms with E-state index >= 15 is 0 Å². The number of hydrogen-bond acceptors (Lipinski definition) is 5. The van der Waals surface area contributed by atoms with Gasteiger partial charge in [-0.25, -0.2) is 4.79 Å². The van der Waals surface area contributed by atoms with Crippen molar-refractivity contribution in [2.24, 2.45) is 0 Å². The van der Waals surface area contributed by atoms with Crippen LogP contribution < -0.4 is 10.6 Å². The molecule has 1 fully saturated rings. The highest BCUT2D eigenvalue weighted by Crippen LogP contribution is 2.30. The second-order valence-corrected chi connectivity index (χ2v) is 7.83. The lowest BCUT2D eigenvalue weighted by molar-refractivity contribution is -0.134. The number of pyridine rings is 1. The highest BCUT2D eigenvalue weighted by Gasteiger charge is 2.49. The van der Waals surface area contributed by atoms with Gasteiger partial charge in [-0.3, -0.25) is 18.9 Å². The molecule has 0 radical (unpaired) electrons. The van der Waals surface area contributed by atoms with E-state index in [0.717, 1.165) is 15.7 Å². The number of imide groups is 1. The third-order valence-electron chi connectivity index (χ3n) is 5.73. The van der Waals surface area contributed by atoms with Crippen LogP contribution in [0, 0.1) is 0 Å². The molecular weight excluding hydrogens is 408 g/mol. The maximum absolute atomic E-state index is 13.2. The summed E-state index contributed by atoms with van der Waals surface area (Å²) >= 11 is 0. The predicted octanol–water partition coefficient (Wildman–Crippen LogP) is 1.97. The van der Waals surface area contributed by atoms with Crippen molar-refractivity contribution >= 4 is 34.3 Å². The second-order valence-electron chi connectivity index (χ2n) is 7.83. The lowest BCUT2D eigenvalue weighted by Crippen LogP contribution is -2.43. The van der Waals surface area contributed by atoms with Crippen LogP contribution in [0.4, 0.5) is 4.79 Å². The van der Waals surface area contributed by atoms with Crippen molar-refractivity contribution in [2.45, 2.75) is 19.0 Å². The first-order chi connectivity index (χ1) is 15.5. The molecule has 1 saturated heterocycles. The number of aromatic nitrogens is 3. The Labute approximate surface area is 183 Å². The van der Waals surface area contributed by atoms with Crippen LogP contribution in [-0.2, 0) is 21.7 Å². The molecule has 4 aromatic rings. The Morgan fingerprint density at radius 1 is 1.03 bits per heavy atom. The van der Waals surface area contributed by atoms with E-state index in [-0.39, 0.29) is 13.1 Å². The van der Waals surface area contributed by atoms with Gasteiger partial charge in [0.05, 0.1) is 6.54 Å². The first-order valence-corrected chi connectivity index (χ1v) is 10.1. The van der Waals surface area contributed by atoms with Gasteiger partial charge in [0.15, 0.2) is 11.5 Å². The van der Waals surface area contributed by atoms with E-state index in [1.165, 1.54) is 0 Å². The molecule has 5 rings (SSSR count). The molecule has 32 heavy (non-hydrogen) atoms. The van der Waals surface area contributed by atoms with E-state index in [9.17, 15) is 14.4 Å². The fourth-order valence-corrected chi connectivity index (χ4v) is 3.93. The van der Waals surface area contributed by atoms with Crippen LogP contribution in [0.1, 0.15) is 18.3 Å². The Kier molecular flexibility index (Phi) is 4.58. The fraction of sp³-hybridized carbons (Fsp3) is 0.174. The van der Waals surface area contributed by atoms with Crippen LogP contribution in [0.15, 0.2) is 66.9 Å². The zero-order valence-electron chi connectivity index (χ0n) is 17.3. The maximum Gasteiger partial charge on any atom is 0.325 e. The van der Waals surface area contributed by atoms with Crippen LogP contribution in [0.25, 0.3) is 16.4 Å². The zero-order valence-corrected chi connectivity index (χ0v) is 17.3. The van der Waals surface area contributed by atoms with Gasteiger partial charge >= 0.3 is 6.03 Å². The number of carbonyl (C=O) groups is 3. The molecular formula is C23H20N6O3. The summed E-state index contributed by atoms with van der Waals surface area (Å²) in [5.74, 6) is -0.392. The molecule has 2 N–H and O–H groups in total. The first-order valence-electron chi connectivity index (χ1n) is 10.1. The molecule has 4 amide bonds. The number of hydrogen-bond donors (Lipinski definition) is 2. The summed E-state index contributed by atoms with van der Waals surface area (Å²) in [5, 5.41) is 15.5. The summed E-state index contributed by atoms with van der Waals surface area (Å²) in [6, 6.07) is 18.3. The van der Waals surface area contributed by atoms with Crippen molar-refractivity contribution < 1.29 is 14.4 Å². The van der Waals surface area contributed by atoms with E-state index in [1.807, 2.05) is 54.6 Å². The van der Waals surface area contributed by atoms with Gasteiger partial charge < -0.3 is 10.6 Å². The van der Waals surface area contributed by atoms with Crippen molar-refractivity contribution in [3.8, 4) is 0 Å². The predicted molar refractivity (Wildman–Crippen MR) is 116 cm³/mol. The average Bonchev–Trinajstić information content (AvgIpc) is 3.32. The van der Waals surface area contributed by atoms with Crippen molar-refractivity contribution in [1.82, 2.24) is 30.1 Å². The number of fused-ring (bicyclic) bond motifs is 2. The van der Waals surface area contributed by atoms with Crippen molar-refractivity contribution in [3.63, 3.8) is 0 Å². The fourth-order valence-electron chi connectivity index (χ4n) is 3.93. The monoisotopic (exact) mass is 428 g/mol. The number of benzene rings is 2. The van der Waals surface area contributed by atoms with Crippen molar-refractivity contribution in [3.05, 3.63) is 78.2 Å². The van der Waals surface area contributed by atoms with E-state index in [4.69, 9.17) is 0 Å². The van der Waals surface area contributed by atoms with Gasteiger partial charge in [0, 0.05) is 6.20 Å². The van der Waals surface area contributed by atoms with Gasteiger partial charge in [-0.15, -0.1) is 10.2 Å². The van der Waals surface area contributed by atoms with E-state index in [0.29, 0.717) is 17.0 Å². The van der Waals surface area contributed by atoms with Crippen LogP contribution in [0.5, 0.6) is 0 Å². The molecule has 0 unspecified atom stereocenters. The Balaban J connectivity index is 1.30. The third kappa shape index (κ3) is 3.24. The molecule has 1 aliphatic heterocycles. The Morgan fingerprint density at radius 2 is 1.81 bits per heavy atom. The largest absolute Gasteiger partial charge is 0.347 e. The van der Waals surface area contributed by atoms with Gasteiger partial charge in [0.1, 0.15) is 12.1 Å². The van der Waals surface area contributed by atoms with E-state index in [1.54, 1.807) is 23.6 Å². The summed E-state index contributed by atoms with van der Waals surface area (Å²) in [7, 11) is 0. The molecule has 9 heteroatoms. The lowest BCUT2D eigenvalue weighted by atomic mass is 9.90. The zero-order chi connectivity index (χ0) is 22.3. The summed E-state index contributed by atoms with van der Waals surface area (Å²) in [6.45, 7) is 1.39. The van der Waals surface area contributed by atoms with Gasteiger partial charge in [-0.1, -0.05) is 42.5 Å². The maximum atomic E-state index is 13.2. The molecule has 1 atom stereocenters. The molecule has 0 saturated carbocycles. The van der Waals surface area contributed by atoms with Gasteiger partial charge in [-0.2, -0.15) is 0 Å². The minimum Gasteiger partial charge on any atom is -0.347 e. The molecule has 0 bridgehead atoms. The highest BCUT2D eigenvalue weighted by molar-refractivity contribution is 6.09. The number of amides is 4. The number of carbonyl (C=O) groups excluding carboxylic acids is 3. The van der Waals surface area contributed by atoms with Crippen LogP contribution in [0.3, 0.4) is 0 Å².